The van der Waals surface area contributed by atoms with Crippen molar-refractivity contribution in [2.45, 2.75) is 0 Å². The topological polar surface area (TPSA) is 42.5 Å². The van der Waals surface area contributed by atoms with Gasteiger partial charge in [-0.1, -0.05) is 12.1 Å². The molecule has 0 aromatic heterocycles. The molecule has 4 nitrogen and oxygen atoms in total. The number of hydrogen-bond acceptors (Lipinski definition) is 3. The molecule has 0 aliphatic rings. The normalized spacial score (nSPS) is 9.86. The summed E-state index contributed by atoms with van der Waals surface area (Å²) < 4.78 is 11.6. The second-order valence-electron chi connectivity index (χ2n) is 4.13. The summed E-state index contributed by atoms with van der Waals surface area (Å²) in [5, 5.41) is 6.81. The third-order valence-corrected chi connectivity index (χ3v) is 3.91. The molecule has 0 atom stereocenters. The average Bonchev–Trinajstić information content (AvgIpc) is 2.49. The van der Waals surface area contributed by atoms with E-state index in [0.717, 1.165) is 14.9 Å². The molecule has 0 saturated heterocycles. The summed E-state index contributed by atoms with van der Waals surface area (Å²) in [6.07, 6.45) is 0. The maximum atomic E-state index is 5.32. The molecule has 2 aromatic rings. The van der Waals surface area contributed by atoms with E-state index in [-0.39, 0.29) is 0 Å². The minimum Gasteiger partial charge on any atom is -0.493 e. The molecular formula is C15H15IN2O2S. The van der Waals surface area contributed by atoms with Crippen LogP contribution < -0.4 is 20.1 Å². The molecule has 0 spiro atoms. The predicted molar refractivity (Wildman–Crippen MR) is 98.5 cm³/mol. The molecule has 0 saturated carbocycles. The van der Waals surface area contributed by atoms with Gasteiger partial charge in [0.15, 0.2) is 16.6 Å². The summed E-state index contributed by atoms with van der Waals surface area (Å²) in [7, 11) is 3.21. The van der Waals surface area contributed by atoms with Crippen LogP contribution in [0.3, 0.4) is 0 Å². The molecule has 2 aromatic carbocycles. The summed E-state index contributed by atoms with van der Waals surface area (Å²) in [5.41, 5.74) is 1.80. The first-order chi connectivity index (χ1) is 10.1. The van der Waals surface area contributed by atoms with Crippen molar-refractivity contribution in [3.63, 3.8) is 0 Å². The molecular weight excluding hydrogens is 399 g/mol. The number of hydrogen-bond donors (Lipinski definition) is 2. The molecule has 0 aliphatic heterocycles. The van der Waals surface area contributed by atoms with E-state index in [0.29, 0.717) is 16.6 Å². The molecule has 6 heteroatoms. The van der Waals surface area contributed by atoms with Crippen LogP contribution in [0.25, 0.3) is 0 Å². The fourth-order valence-electron chi connectivity index (χ4n) is 1.76. The van der Waals surface area contributed by atoms with Gasteiger partial charge in [-0.2, -0.15) is 0 Å². The van der Waals surface area contributed by atoms with Crippen LogP contribution >= 0.6 is 34.8 Å². The Kier molecular flexibility index (Phi) is 5.63. The molecule has 2 rings (SSSR count). The zero-order valence-electron chi connectivity index (χ0n) is 11.6. The molecule has 0 radical (unpaired) electrons. The summed E-state index contributed by atoms with van der Waals surface area (Å²) >= 11 is 7.58. The average molecular weight is 414 g/mol. The van der Waals surface area contributed by atoms with Crippen molar-refractivity contribution in [3.05, 3.63) is 46.0 Å². The summed E-state index contributed by atoms with van der Waals surface area (Å²) in [6, 6.07) is 13.5. The maximum absolute atomic E-state index is 5.32. The number of ether oxygens (including phenoxy) is 2. The van der Waals surface area contributed by atoms with Crippen molar-refractivity contribution in [2.75, 3.05) is 24.9 Å². The standard InChI is InChI=1S/C15H15IN2O2S/c1-19-13-8-7-10(9-14(13)20-2)17-15(21)18-12-6-4-3-5-11(12)16/h3-9H,1-2H3,(H2,17,18,21). The molecule has 0 fully saturated rings. The third kappa shape index (κ3) is 4.21. The highest BCUT2D eigenvalue weighted by molar-refractivity contribution is 14.1. The molecule has 0 aliphatic carbocycles. The van der Waals surface area contributed by atoms with Gasteiger partial charge in [0.2, 0.25) is 0 Å². The Hall–Kier alpha value is -1.54. The maximum Gasteiger partial charge on any atom is 0.175 e. The van der Waals surface area contributed by atoms with Crippen LogP contribution in [0.4, 0.5) is 11.4 Å². The number of rotatable bonds is 4. The van der Waals surface area contributed by atoms with Crippen molar-refractivity contribution in [3.8, 4) is 11.5 Å². The molecule has 0 amide bonds. The van der Waals surface area contributed by atoms with Gasteiger partial charge in [-0.05, 0) is 59.1 Å². The second-order valence-corrected chi connectivity index (χ2v) is 5.70. The zero-order chi connectivity index (χ0) is 15.2. The van der Waals surface area contributed by atoms with E-state index in [2.05, 4.69) is 33.2 Å². The highest BCUT2D eigenvalue weighted by Gasteiger charge is 2.06. The highest BCUT2D eigenvalue weighted by Crippen LogP contribution is 2.29. The number of halogens is 1. The van der Waals surface area contributed by atoms with Crippen LogP contribution in [0.5, 0.6) is 11.5 Å². The van der Waals surface area contributed by atoms with Crippen LogP contribution in [0.2, 0.25) is 0 Å². The van der Waals surface area contributed by atoms with Crippen molar-refractivity contribution < 1.29 is 9.47 Å². The fraction of sp³-hybridized carbons (Fsp3) is 0.133. The van der Waals surface area contributed by atoms with Crippen LogP contribution in [-0.2, 0) is 0 Å². The van der Waals surface area contributed by atoms with E-state index in [4.69, 9.17) is 21.7 Å². The van der Waals surface area contributed by atoms with Crippen molar-refractivity contribution in [1.29, 1.82) is 0 Å². The van der Waals surface area contributed by atoms with Gasteiger partial charge >= 0.3 is 0 Å². The fourth-order valence-corrected chi connectivity index (χ4v) is 2.51. The van der Waals surface area contributed by atoms with Crippen molar-refractivity contribution >= 4 is 51.3 Å². The molecule has 0 unspecified atom stereocenters. The van der Waals surface area contributed by atoms with Crippen LogP contribution in [0, 0.1) is 3.57 Å². The first kappa shape index (κ1) is 15.8. The molecule has 110 valence electrons. The number of nitrogens with one attached hydrogen (secondary N) is 2. The molecule has 21 heavy (non-hydrogen) atoms. The Morgan fingerprint density at radius 2 is 1.71 bits per heavy atom. The zero-order valence-corrected chi connectivity index (χ0v) is 14.6. The van der Waals surface area contributed by atoms with E-state index in [1.807, 2.05) is 42.5 Å². The van der Waals surface area contributed by atoms with Crippen LogP contribution in [0.15, 0.2) is 42.5 Å². The third-order valence-electron chi connectivity index (χ3n) is 2.76. The van der Waals surface area contributed by atoms with Gasteiger partial charge in [-0.15, -0.1) is 0 Å². The van der Waals surface area contributed by atoms with Gasteiger partial charge in [-0.3, -0.25) is 0 Å². The Morgan fingerprint density at radius 1 is 1.00 bits per heavy atom. The van der Waals surface area contributed by atoms with E-state index in [1.165, 1.54) is 0 Å². The monoisotopic (exact) mass is 414 g/mol. The lowest BCUT2D eigenvalue weighted by Crippen LogP contribution is -2.19. The van der Waals surface area contributed by atoms with Gasteiger partial charge in [0.1, 0.15) is 0 Å². The summed E-state index contributed by atoms with van der Waals surface area (Å²) in [4.78, 5) is 0. The minimum absolute atomic E-state index is 0.520. The first-order valence-electron chi connectivity index (χ1n) is 6.18. The van der Waals surface area contributed by atoms with Gasteiger partial charge in [-0.25, -0.2) is 0 Å². The smallest absolute Gasteiger partial charge is 0.175 e. The van der Waals surface area contributed by atoms with E-state index in [9.17, 15) is 0 Å². The second kappa shape index (κ2) is 7.46. The predicted octanol–water partition coefficient (Wildman–Crippen LogP) is 4.12. The lowest BCUT2D eigenvalue weighted by atomic mass is 10.3. The number of benzene rings is 2. The SMILES string of the molecule is COc1ccc(NC(=S)Nc2ccccc2I)cc1OC. The minimum atomic E-state index is 0.520. The number of anilines is 2. The van der Waals surface area contributed by atoms with Crippen LogP contribution in [-0.4, -0.2) is 19.3 Å². The molecule has 2 N–H and O–H groups in total. The Bertz CT molecular complexity index is 649. The number of thiocarbonyl (C=S) groups is 1. The van der Waals surface area contributed by atoms with Crippen molar-refractivity contribution in [2.24, 2.45) is 0 Å². The number of para-hydroxylation sites is 1. The van der Waals surface area contributed by atoms with Gasteiger partial charge in [0.05, 0.1) is 19.9 Å². The molecule has 0 heterocycles. The van der Waals surface area contributed by atoms with E-state index >= 15 is 0 Å². The number of methoxy groups -OCH3 is 2. The Balaban J connectivity index is 2.08. The highest BCUT2D eigenvalue weighted by atomic mass is 127. The summed E-state index contributed by atoms with van der Waals surface area (Å²) in [5.74, 6) is 1.33. The first-order valence-corrected chi connectivity index (χ1v) is 7.67. The van der Waals surface area contributed by atoms with E-state index < -0.39 is 0 Å². The lowest BCUT2D eigenvalue weighted by Gasteiger charge is -2.13. The van der Waals surface area contributed by atoms with Gasteiger partial charge in [0, 0.05) is 15.3 Å². The van der Waals surface area contributed by atoms with Gasteiger partial charge < -0.3 is 20.1 Å². The lowest BCUT2D eigenvalue weighted by molar-refractivity contribution is 0.355. The van der Waals surface area contributed by atoms with Gasteiger partial charge in [0.25, 0.3) is 0 Å². The van der Waals surface area contributed by atoms with E-state index in [1.54, 1.807) is 14.2 Å². The quantitative estimate of drug-likeness (QED) is 0.582. The summed E-state index contributed by atoms with van der Waals surface area (Å²) in [6.45, 7) is 0. The van der Waals surface area contributed by atoms with Crippen LogP contribution in [0.1, 0.15) is 0 Å². The Labute approximate surface area is 143 Å². The molecule has 0 bridgehead atoms. The van der Waals surface area contributed by atoms with Crippen molar-refractivity contribution in [1.82, 2.24) is 0 Å². The largest absolute Gasteiger partial charge is 0.493 e. The Morgan fingerprint density at radius 3 is 2.38 bits per heavy atom.